The highest BCUT2D eigenvalue weighted by Gasteiger charge is 2.31. The Balaban J connectivity index is 3.02. The minimum atomic E-state index is -1.38. The molecule has 3 amide bonds. The fourth-order valence-corrected chi connectivity index (χ4v) is 3.18. The summed E-state index contributed by atoms with van der Waals surface area (Å²) in [6.45, 7) is 3.31. The van der Waals surface area contributed by atoms with Crippen molar-refractivity contribution in [3.63, 3.8) is 0 Å². The molecule has 1 aromatic carbocycles. The summed E-state index contributed by atoms with van der Waals surface area (Å²) in [5.41, 5.74) is 6.15. The molecule has 0 saturated carbocycles. The second kappa shape index (κ2) is 14.2. The molecule has 4 unspecified atom stereocenters. The van der Waals surface area contributed by atoms with Gasteiger partial charge in [0.1, 0.15) is 23.9 Å². The monoisotopic (exact) mass is 512 g/mol. The Hall–Kier alpha value is -3.32. The Morgan fingerprint density at radius 3 is 1.97 bits per heavy atom. The first kappa shape index (κ1) is 29.7. The van der Waals surface area contributed by atoms with Crippen LogP contribution in [0, 0.1) is 5.92 Å². The zero-order valence-corrected chi connectivity index (χ0v) is 20.3. The number of nitrogens with one attached hydrogen (secondary N) is 3. The molecule has 0 radical (unpaired) electrons. The van der Waals surface area contributed by atoms with Crippen LogP contribution in [0.15, 0.2) is 24.3 Å². The molecule has 12 nitrogen and oxygen atoms in total. The highest BCUT2D eigenvalue weighted by Crippen LogP contribution is 2.12. The number of thiol groups is 1. The SMILES string of the molecule is CC(C)C(NC(=O)C(N)CS)C(=O)NC(CCC(=O)O)C(=O)NC(Cc1ccc(O)cc1)C(=O)O. The van der Waals surface area contributed by atoms with Crippen LogP contribution < -0.4 is 21.7 Å². The Morgan fingerprint density at radius 1 is 0.914 bits per heavy atom. The van der Waals surface area contributed by atoms with Crippen LogP contribution in [-0.4, -0.2) is 74.9 Å². The Kier molecular flexibility index (Phi) is 12.0. The van der Waals surface area contributed by atoms with E-state index >= 15 is 0 Å². The number of hydrogen-bond acceptors (Lipinski definition) is 8. The predicted molar refractivity (Wildman–Crippen MR) is 129 cm³/mol. The first-order chi connectivity index (χ1) is 16.3. The third-order valence-electron chi connectivity index (χ3n) is 5.05. The van der Waals surface area contributed by atoms with E-state index in [-0.39, 0.29) is 24.3 Å². The number of aromatic hydroxyl groups is 1. The van der Waals surface area contributed by atoms with Gasteiger partial charge in [-0.05, 0) is 30.0 Å². The Bertz CT molecular complexity index is 909. The minimum absolute atomic E-state index is 0.0109. The first-order valence-corrected chi connectivity index (χ1v) is 11.5. The third-order valence-corrected chi connectivity index (χ3v) is 5.44. The third kappa shape index (κ3) is 10.2. The molecule has 0 aliphatic rings. The van der Waals surface area contributed by atoms with E-state index in [1.807, 2.05) is 0 Å². The van der Waals surface area contributed by atoms with Gasteiger partial charge in [-0.2, -0.15) is 12.6 Å². The van der Waals surface area contributed by atoms with Crippen molar-refractivity contribution in [3.05, 3.63) is 29.8 Å². The van der Waals surface area contributed by atoms with E-state index in [4.69, 9.17) is 10.8 Å². The molecule has 0 bridgehead atoms. The molecule has 4 atom stereocenters. The summed E-state index contributed by atoms with van der Waals surface area (Å²) in [7, 11) is 0. The number of nitrogens with two attached hydrogens (primary N) is 1. The Labute approximate surface area is 208 Å². The van der Waals surface area contributed by atoms with Crippen LogP contribution in [0.2, 0.25) is 0 Å². The van der Waals surface area contributed by atoms with Crippen LogP contribution in [-0.2, 0) is 30.4 Å². The summed E-state index contributed by atoms with van der Waals surface area (Å²) < 4.78 is 0. The van der Waals surface area contributed by atoms with E-state index in [1.54, 1.807) is 13.8 Å². The van der Waals surface area contributed by atoms with E-state index in [0.717, 1.165) is 0 Å². The van der Waals surface area contributed by atoms with Crippen molar-refractivity contribution in [1.29, 1.82) is 0 Å². The fraction of sp³-hybridized carbons (Fsp3) is 0.500. The van der Waals surface area contributed by atoms with Crippen molar-refractivity contribution in [1.82, 2.24) is 16.0 Å². The van der Waals surface area contributed by atoms with Gasteiger partial charge >= 0.3 is 11.9 Å². The van der Waals surface area contributed by atoms with Crippen molar-refractivity contribution < 1.29 is 39.3 Å². The summed E-state index contributed by atoms with van der Waals surface area (Å²) >= 11 is 3.94. The second-order valence-electron chi connectivity index (χ2n) is 8.28. The summed E-state index contributed by atoms with van der Waals surface area (Å²) in [5, 5.41) is 35.2. The number of phenols is 1. The van der Waals surface area contributed by atoms with Gasteiger partial charge in [0.15, 0.2) is 0 Å². The van der Waals surface area contributed by atoms with Crippen LogP contribution in [0.25, 0.3) is 0 Å². The van der Waals surface area contributed by atoms with Crippen LogP contribution in [0.3, 0.4) is 0 Å². The zero-order chi connectivity index (χ0) is 26.7. The van der Waals surface area contributed by atoms with Crippen molar-refractivity contribution in [2.45, 2.75) is 57.3 Å². The van der Waals surface area contributed by atoms with Gasteiger partial charge in [0.25, 0.3) is 0 Å². The molecule has 0 aliphatic carbocycles. The molecule has 13 heteroatoms. The molecule has 0 spiro atoms. The average molecular weight is 513 g/mol. The summed E-state index contributed by atoms with van der Waals surface area (Å²) in [6.07, 6.45) is -0.905. The van der Waals surface area contributed by atoms with Crippen LogP contribution in [0.1, 0.15) is 32.3 Å². The number of hydrogen-bond donors (Lipinski definition) is 8. The number of carbonyl (C=O) groups excluding carboxylic acids is 3. The van der Waals surface area contributed by atoms with Gasteiger partial charge in [-0.15, -0.1) is 0 Å². The van der Waals surface area contributed by atoms with Crippen LogP contribution in [0.5, 0.6) is 5.75 Å². The van der Waals surface area contributed by atoms with E-state index in [9.17, 15) is 34.2 Å². The average Bonchev–Trinajstić information content (AvgIpc) is 2.79. The number of carbonyl (C=O) groups is 5. The zero-order valence-electron chi connectivity index (χ0n) is 19.4. The molecule has 35 heavy (non-hydrogen) atoms. The van der Waals surface area contributed by atoms with Gasteiger partial charge in [-0.3, -0.25) is 19.2 Å². The van der Waals surface area contributed by atoms with Crippen LogP contribution in [0.4, 0.5) is 0 Å². The minimum Gasteiger partial charge on any atom is -0.508 e. The highest BCUT2D eigenvalue weighted by molar-refractivity contribution is 7.80. The van der Waals surface area contributed by atoms with E-state index in [1.165, 1.54) is 24.3 Å². The highest BCUT2D eigenvalue weighted by atomic mass is 32.1. The van der Waals surface area contributed by atoms with Gasteiger partial charge in [-0.1, -0.05) is 26.0 Å². The van der Waals surface area contributed by atoms with E-state index in [0.29, 0.717) is 5.56 Å². The molecule has 1 aromatic rings. The molecule has 8 N–H and O–H groups in total. The molecule has 0 fully saturated rings. The van der Waals surface area contributed by atoms with Gasteiger partial charge in [0.2, 0.25) is 17.7 Å². The van der Waals surface area contributed by atoms with Gasteiger partial charge in [-0.25, -0.2) is 4.79 Å². The van der Waals surface area contributed by atoms with Gasteiger partial charge < -0.3 is 37.0 Å². The molecule has 0 heterocycles. The van der Waals surface area contributed by atoms with Crippen molar-refractivity contribution >= 4 is 42.3 Å². The van der Waals surface area contributed by atoms with Crippen LogP contribution >= 0.6 is 12.6 Å². The summed E-state index contributed by atoms with van der Waals surface area (Å²) in [5.74, 6) is -5.21. The normalized spacial score (nSPS) is 14.3. The molecule has 0 aliphatic heterocycles. The second-order valence-corrected chi connectivity index (χ2v) is 8.65. The maximum atomic E-state index is 12.9. The lowest BCUT2D eigenvalue weighted by Gasteiger charge is -2.26. The predicted octanol–water partition coefficient (Wildman–Crippen LogP) is -0.748. The lowest BCUT2D eigenvalue weighted by atomic mass is 10.0. The fourth-order valence-electron chi connectivity index (χ4n) is 3.02. The molecule has 0 saturated heterocycles. The van der Waals surface area contributed by atoms with E-state index in [2.05, 4.69) is 28.6 Å². The van der Waals surface area contributed by atoms with Crippen molar-refractivity contribution in [2.75, 3.05) is 5.75 Å². The number of benzene rings is 1. The molecule has 1 rings (SSSR count). The Morgan fingerprint density at radius 2 is 1.49 bits per heavy atom. The number of amides is 3. The number of carboxylic acid groups (broad SMARTS) is 2. The topological polar surface area (TPSA) is 208 Å². The largest absolute Gasteiger partial charge is 0.508 e. The summed E-state index contributed by atoms with van der Waals surface area (Å²) in [4.78, 5) is 60.7. The molecular formula is C22H32N4O8S. The lowest BCUT2D eigenvalue weighted by Crippen LogP contribution is -2.58. The maximum Gasteiger partial charge on any atom is 0.326 e. The number of rotatable bonds is 14. The molecular weight excluding hydrogens is 480 g/mol. The van der Waals surface area contributed by atoms with Gasteiger partial charge in [0, 0.05) is 18.6 Å². The lowest BCUT2D eigenvalue weighted by molar-refractivity contribution is -0.143. The van der Waals surface area contributed by atoms with Gasteiger partial charge in [0.05, 0.1) is 6.04 Å². The van der Waals surface area contributed by atoms with E-state index < -0.39 is 66.2 Å². The van der Waals surface area contributed by atoms with Crippen molar-refractivity contribution in [2.24, 2.45) is 11.7 Å². The smallest absolute Gasteiger partial charge is 0.326 e. The number of aliphatic carboxylic acids is 2. The first-order valence-electron chi connectivity index (χ1n) is 10.9. The molecule has 0 aromatic heterocycles. The standard InChI is InChI=1S/C22H32N4O8S/c1-11(2)18(26-19(30)14(23)10-35)21(32)24-15(7-8-17(28)29)20(31)25-16(22(33)34)9-12-3-5-13(27)6-4-12/h3-6,11,14-16,18,27,35H,7-10,23H2,1-2H3,(H,24,32)(H,25,31)(H,26,30)(H,28,29)(H,33,34). The number of carboxylic acids is 2. The van der Waals surface area contributed by atoms with Crippen molar-refractivity contribution in [3.8, 4) is 5.75 Å². The maximum absolute atomic E-state index is 12.9. The quantitative estimate of drug-likeness (QED) is 0.147. The molecule has 194 valence electrons. The number of phenolic OH excluding ortho intramolecular Hbond substituents is 1. The summed E-state index contributed by atoms with van der Waals surface area (Å²) in [6, 6.07) is 0.912.